The fraction of sp³-hybridized carbons (Fsp3) is 0.357. The summed E-state index contributed by atoms with van der Waals surface area (Å²) in [6.07, 6.45) is -8.61. The van der Waals surface area contributed by atoms with Crippen molar-refractivity contribution >= 4 is 48.9 Å². The second kappa shape index (κ2) is 16.6. The maximum absolute atomic E-state index is 17.0. The molecule has 0 saturated carbocycles. The minimum absolute atomic E-state index is 0.0629. The van der Waals surface area contributed by atoms with Crippen molar-refractivity contribution in [3.8, 4) is 0 Å². The van der Waals surface area contributed by atoms with Crippen molar-refractivity contribution in [2.75, 3.05) is 0 Å². The number of nitrogens with one attached hydrogen (secondary N) is 2. The van der Waals surface area contributed by atoms with Crippen LogP contribution in [0.1, 0.15) is 63.9 Å². The van der Waals surface area contributed by atoms with Crippen LogP contribution >= 0.6 is 11.6 Å². The number of primary amides is 1. The van der Waals surface area contributed by atoms with Crippen LogP contribution in [-0.4, -0.2) is 63.1 Å². The number of hydrogen-bond donors (Lipinski definition) is 3. The summed E-state index contributed by atoms with van der Waals surface area (Å²) in [5, 5.41) is 0.209. The molecular weight excluding hydrogens is 920 g/mol. The van der Waals surface area contributed by atoms with E-state index >= 15 is 8.78 Å². The van der Waals surface area contributed by atoms with Crippen LogP contribution in [0, 0.1) is 12.3 Å². The molecule has 0 saturated heterocycles. The second-order valence-electron chi connectivity index (χ2n) is 15.7. The third-order valence-corrected chi connectivity index (χ3v) is 15.3. The van der Waals surface area contributed by atoms with Gasteiger partial charge in [-0.1, -0.05) is 43.1 Å². The number of carbonyl (C=O) groups is 1. The summed E-state index contributed by atoms with van der Waals surface area (Å²) in [5.74, 6) is -4.87. The highest BCUT2D eigenvalue weighted by Crippen LogP contribution is 2.68. The molecular formula is C42H42ClF8N6O5S2+. The molecule has 1 aliphatic heterocycles. The molecule has 4 N–H and O–H groups in total. The number of nitrogens with two attached hydrogens (primary N) is 1. The normalized spacial score (nSPS) is 20.6. The summed E-state index contributed by atoms with van der Waals surface area (Å²) in [6.45, 7) is 6.03. The summed E-state index contributed by atoms with van der Waals surface area (Å²) >= 11 is 6.43. The number of aromatic nitrogens is 2. The van der Waals surface area contributed by atoms with Crippen molar-refractivity contribution in [1.82, 2.24) is 23.9 Å². The first kappa shape index (κ1) is 48.7. The first-order chi connectivity index (χ1) is 29.6. The third-order valence-electron chi connectivity index (χ3n) is 12.0. The number of nitrogens with zero attached hydrogens (tertiary/aromatic N) is 3. The Bertz CT molecular complexity index is 2590. The minimum Gasteiger partial charge on any atom is -0.366 e. The van der Waals surface area contributed by atoms with E-state index in [-0.39, 0.29) is 51.9 Å². The van der Waals surface area contributed by atoms with Crippen LogP contribution in [0.2, 0.25) is 5.02 Å². The molecule has 0 bridgehead atoms. The number of rotatable bonds is 13. The summed E-state index contributed by atoms with van der Waals surface area (Å²) in [7, 11) is -9.95. The van der Waals surface area contributed by atoms with Crippen LogP contribution in [-0.2, 0) is 30.4 Å². The Hall–Kier alpha value is -4.80. The monoisotopic (exact) mass is 961 g/mol. The smallest absolute Gasteiger partial charge is 0.366 e. The van der Waals surface area contributed by atoms with Crippen molar-refractivity contribution in [2.45, 2.75) is 99.6 Å². The Morgan fingerprint density at radius 1 is 0.766 bits per heavy atom. The van der Waals surface area contributed by atoms with E-state index in [0.717, 1.165) is 24.3 Å². The number of alkyl halides is 8. The maximum Gasteiger partial charge on any atom is 0.404 e. The van der Waals surface area contributed by atoms with Crippen molar-refractivity contribution in [1.29, 1.82) is 0 Å². The first-order valence-corrected chi connectivity index (χ1v) is 22.9. The fourth-order valence-electron chi connectivity index (χ4n) is 8.54. The highest BCUT2D eigenvalue weighted by atomic mass is 35.5. The Morgan fingerprint density at radius 2 is 1.19 bits per heavy atom. The molecule has 2 aliphatic rings. The standard InChI is InChI=1S/C42H41ClF8N6O5S2/c1-6-38(7-2)21-33-32(20-39(38,44)45)36(37(52)58)40(34-18-16-30(22-53-34)63(59,60)55-25(4)41(46,47)48,35-19-17-31(23-54-35)64(61,62)56-26(5)42(49,50)51)57(33,28-12-8-24(3)9-13-28)29-14-10-27(43)11-15-29/h8-19,21-23,25-26,55-56H,6-7,20H2,1-5H3,(H-,52,58)/p+1/t25-,26-,57?/m0/s1. The van der Waals surface area contributed by atoms with Gasteiger partial charge in [0.2, 0.25) is 25.6 Å². The predicted molar refractivity (Wildman–Crippen MR) is 222 cm³/mol. The van der Waals surface area contributed by atoms with E-state index in [1.165, 1.54) is 39.8 Å². The average Bonchev–Trinajstić information content (AvgIpc) is 3.46. The lowest BCUT2D eigenvalue weighted by Gasteiger charge is -2.50. The first-order valence-electron chi connectivity index (χ1n) is 19.5. The molecule has 22 heteroatoms. The van der Waals surface area contributed by atoms with Crippen molar-refractivity contribution in [2.24, 2.45) is 11.1 Å². The minimum atomic E-state index is -5.00. The summed E-state index contributed by atoms with van der Waals surface area (Å²) < 4.78 is 171. The SMILES string of the molecule is CCC1(CC)C=C2C(=C(C(N)=O)C(c3ccc(S(=O)(=O)N[C@@H](C)C(F)(F)F)cn3)(c3ccc(S(=O)(=O)N[C@@H](C)C(F)(F)F)cn3)[N+]2(c2ccc(C)cc2)c2ccc(Cl)cc2)CC1(F)F. The lowest BCUT2D eigenvalue weighted by molar-refractivity contribution is -0.147. The molecule has 64 heavy (non-hydrogen) atoms. The third kappa shape index (κ3) is 7.90. The second-order valence-corrected chi connectivity index (χ2v) is 19.6. The van der Waals surface area contributed by atoms with Gasteiger partial charge in [-0.05, 0) is 76.1 Å². The van der Waals surface area contributed by atoms with Gasteiger partial charge in [-0.3, -0.25) is 14.8 Å². The van der Waals surface area contributed by atoms with Crippen LogP contribution in [0.5, 0.6) is 0 Å². The van der Waals surface area contributed by atoms with E-state index < -0.39 is 93.5 Å². The Labute approximate surface area is 369 Å². The number of hydrogen-bond acceptors (Lipinski definition) is 7. The highest BCUT2D eigenvalue weighted by Gasteiger charge is 2.73. The van der Waals surface area contributed by atoms with E-state index in [1.54, 1.807) is 45.0 Å². The van der Waals surface area contributed by atoms with Crippen LogP contribution in [0.4, 0.5) is 46.5 Å². The van der Waals surface area contributed by atoms with Crippen LogP contribution in [0.15, 0.2) is 118 Å². The molecule has 2 aromatic carbocycles. The molecule has 4 aromatic rings. The lowest BCUT2D eigenvalue weighted by Crippen LogP contribution is -2.60. The van der Waals surface area contributed by atoms with Crippen molar-refractivity contribution in [3.05, 3.63) is 130 Å². The summed E-state index contributed by atoms with van der Waals surface area (Å²) in [4.78, 5) is 21.8. The summed E-state index contributed by atoms with van der Waals surface area (Å²) in [5.41, 5.74) is 1.60. The number of aryl methyl sites for hydroxylation is 1. The zero-order valence-corrected chi connectivity index (χ0v) is 37.0. The molecule has 344 valence electrons. The molecule has 0 spiro atoms. The number of fused-ring (bicyclic) bond motifs is 1. The van der Waals surface area contributed by atoms with Gasteiger partial charge in [-0.2, -0.15) is 35.8 Å². The van der Waals surface area contributed by atoms with Gasteiger partial charge >= 0.3 is 12.4 Å². The van der Waals surface area contributed by atoms with Gasteiger partial charge in [0.25, 0.3) is 11.8 Å². The molecule has 0 fully saturated rings. The Kier molecular flexibility index (Phi) is 12.6. The van der Waals surface area contributed by atoms with Gasteiger partial charge in [0.1, 0.15) is 55.9 Å². The van der Waals surface area contributed by atoms with Crippen molar-refractivity contribution in [3.63, 3.8) is 0 Å². The topological polar surface area (TPSA) is 161 Å². The van der Waals surface area contributed by atoms with Gasteiger partial charge in [-0.15, -0.1) is 0 Å². The molecule has 11 nitrogen and oxygen atoms in total. The fourth-order valence-corrected chi connectivity index (χ4v) is 11.0. The number of halogens is 9. The largest absolute Gasteiger partial charge is 0.404 e. The number of sulfonamides is 2. The molecule has 3 heterocycles. The molecule has 6 rings (SSSR count). The zero-order chi connectivity index (χ0) is 47.6. The van der Waals surface area contributed by atoms with Gasteiger partial charge in [-0.25, -0.2) is 30.1 Å². The van der Waals surface area contributed by atoms with Crippen molar-refractivity contribution < 1.29 is 56.8 Å². The predicted octanol–water partition coefficient (Wildman–Crippen LogP) is 9.00. The van der Waals surface area contributed by atoms with E-state index in [9.17, 15) is 48.0 Å². The van der Waals surface area contributed by atoms with Crippen LogP contribution < -0.4 is 19.7 Å². The van der Waals surface area contributed by atoms with Crippen LogP contribution in [0.25, 0.3) is 0 Å². The molecule has 1 unspecified atom stereocenters. The molecule has 1 amide bonds. The van der Waals surface area contributed by atoms with E-state index in [2.05, 4.69) is 9.97 Å². The molecule has 0 radical (unpaired) electrons. The van der Waals surface area contributed by atoms with Gasteiger partial charge < -0.3 is 5.73 Å². The zero-order valence-electron chi connectivity index (χ0n) is 34.6. The number of benzene rings is 2. The van der Waals surface area contributed by atoms with E-state index in [0.29, 0.717) is 31.8 Å². The average molecular weight is 962 g/mol. The molecule has 3 atom stereocenters. The van der Waals surface area contributed by atoms with Gasteiger partial charge in [0.15, 0.2) is 0 Å². The quantitative estimate of drug-likeness (QED) is 0.0891. The van der Waals surface area contributed by atoms with E-state index in [4.69, 9.17) is 17.3 Å². The maximum atomic E-state index is 17.0. The number of carbonyl (C=O) groups excluding carboxylic acids is 1. The van der Waals surface area contributed by atoms with Crippen LogP contribution in [0.3, 0.4) is 0 Å². The Balaban J connectivity index is 1.84. The molecule has 1 aliphatic carbocycles. The lowest BCUT2D eigenvalue weighted by atomic mass is 9.69. The van der Waals surface area contributed by atoms with Gasteiger partial charge in [0.05, 0.1) is 5.41 Å². The molecule has 2 aromatic heterocycles. The number of amides is 1. The number of pyridine rings is 2. The number of quaternary nitrogens is 1. The number of allylic oxidation sites excluding steroid dienone is 2. The Morgan fingerprint density at radius 3 is 1.55 bits per heavy atom. The van der Waals surface area contributed by atoms with Gasteiger partial charge in [0, 0.05) is 53.7 Å². The summed E-state index contributed by atoms with van der Waals surface area (Å²) in [6, 6.07) is 11.3. The highest BCUT2D eigenvalue weighted by molar-refractivity contribution is 7.89. The van der Waals surface area contributed by atoms with E-state index in [1.807, 2.05) is 0 Å².